The van der Waals surface area contributed by atoms with E-state index < -0.39 is 10.0 Å². The van der Waals surface area contributed by atoms with Gasteiger partial charge in [-0.1, -0.05) is 11.6 Å². The Kier molecular flexibility index (Phi) is 6.81. The maximum Gasteiger partial charge on any atom is 0.264 e. The SMILES string of the molecule is CCN(c1ccc(Cl)cc1CN(Cc1ccco1)C(=O)C1CC1)S(=O)(=O)c1ccc2c(c1)c(C)cn2C. The summed E-state index contributed by atoms with van der Waals surface area (Å²) in [6.07, 6.45) is 5.30. The highest BCUT2D eigenvalue weighted by Crippen LogP contribution is 2.35. The van der Waals surface area contributed by atoms with Crippen LogP contribution in [0.15, 0.2) is 70.3 Å². The molecule has 37 heavy (non-hydrogen) atoms. The van der Waals surface area contributed by atoms with E-state index in [1.165, 1.54) is 4.31 Å². The number of fused-ring (bicyclic) bond motifs is 1. The molecule has 5 rings (SSSR count). The highest BCUT2D eigenvalue weighted by atomic mass is 35.5. The van der Waals surface area contributed by atoms with Crippen molar-refractivity contribution < 1.29 is 17.6 Å². The molecule has 0 bridgehead atoms. The molecular weight excluding hydrogens is 510 g/mol. The van der Waals surface area contributed by atoms with Gasteiger partial charge in [-0.25, -0.2) is 8.42 Å². The molecule has 2 aromatic heterocycles. The van der Waals surface area contributed by atoms with E-state index in [-0.39, 0.29) is 29.8 Å². The van der Waals surface area contributed by atoms with E-state index in [4.69, 9.17) is 16.0 Å². The molecule has 0 atom stereocenters. The average molecular weight is 540 g/mol. The summed E-state index contributed by atoms with van der Waals surface area (Å²) in [6.45, 7) is 4.51. The van der Waals surface area contributed by atoms with Gasteiger partial charge in [0.25, 0.3) is 10.0 Å². The molecule has 1 aliphatic carbocycles. The van der Waals surface area contributed by atoms with Gasteiger partial charge < -0.3 is 13.9 Å². The lowest BCUT2D eigenvalue weighted by Gasteiger charge is -2.28. The molecule has 1 fully saturated rings. The van der Waals surface area contributed by atoms with Gasteiger partial charge in [0.15, 0.2) is 0 Å². The predicted octanol–water partition coefficient (Wildman–Crippen LogP) is 5.89. The van der Waals surface area contributed by atoms with Crippen molar-refractivity contribution >= 4 is 44.1 Å². The summed E-state index contributed by atoms with van der Waals surface area (Å²) in [5.41, 5.74) is 3.15. The second kappa shape index (κ2) is 9.91. The van der Waals surface area contributed by atoms with Gasteiger partial charge in [0.1, 0.15) is 5.76 Å². The molecule has 1 amide bonds. The van der Waals surface area contributed by atoms with Crippen LogP contribution in [0.3, 0.4) is 0 Å². The molecule has 9 heteroatoms. The highest BCUT2D eigenvalue weighted by molar-refractivity contribution is 7.92. The summed E-state index contributed by atoms with van der Waals surface area (Å²) >= 11 is 6.37. The predicted molar refractivity (Wildman–Crippen MR) is 145 cm³/mol. The van der Waals surface area contributed by atoms with Crippen molar-refractivity contribution in [3.05, 3.63) is 82.9 Å². The smallest absolute Gasteiger partial charge is 0.264 e. The summed E-state index contributed by atoms with van der Waals surface area (Å²) in [4.78, 5) is 15.1. The van der Waals surface area contributed by atoms with Gasteiger partial charge in [0.05, 0.1) is 23.4 Å². The Balaban J connectivity index is 1.53. The fourth-order valence-corrected chi connectivity index (χ4v) is 6.58. The van der Waals surface area contributed by atoms with E-state index in [1.807, 2.05) is 36.9 Å². The monoisotopic (exact) mass is 539 g/mol. The zero-order chi connectivity index (χ0) is 26.3. The van der Waals surface area contributed by atoms with Crippen LogP contribution < -0.4 is 4.31 Å². The zero-order valence-corrected chi connectivity index (χ0v) is 22.7. The molecule has 1 saturated carbocycles. The molecule has 4 aromatic rings. The number of rotatable bonds is 9. The largest absolute Gasteiger partial charge is 0.467 e. The minimum absolute atomic E-state index is 0.00412. The molecular formula is C28H30ClN3O4S. The molecule has 0 radical (unpaired) electrons. The Morgan fingerprint density at radius 1 is 1.14 bits per heavy atom. The number of furan rings is 1. The molecule has 0 unspecified atom stereocenters. The van der Waals surface area contributed by atoms with Gasteiger partial charge in [-0.15, -0.1) is 0 Å². The normalized spacial score (nSPS) is 13.7. The number of sulfonamides is 1. The standard InChI is InChI=1S/C28H30ClN3O4S/c1-4-32(37(34,35)24-10-12-27-25(15-24)19(2)16-30(27)3)26-11-9-22(29)14-21(26)17-31(28(33)20-7-8-20)18-23-6-5-13-36-23/h5-6,9-16,20H,4,7-8,17-18H2,1-3H3. The van der Waals surface area contributed by atoms with Crippen LogP contribution in [0.4, 0.5) is 5.69 Å². The number of amides is 1. The van der Waals surface area contributed by atoms with Crippen LogP contribution in [0.25, 0.3) is 10.9 Å². The maximum absolute atomic E-state index is 13.9. The first-order valence-corrected chi connectivity index (χ1v) is 14.2. The molecule has 194 valence electrons. The number of anilines is 1. The first kappa shape index (κ1) is 25.4. The van der Waals surface area contributed by atoms with Crippen molar-refractivity contribution in [3.8, 4) is 0 Å². The van der Waals surface area contributed by atoms with Gasteiger partial charge in [0, 0.05) is 48.2 Å². The van der Waals surface area contributed by atoms with Gasteiger partial charge in [-0.2, -0.15) is 0 Å². The summed E-state index contributed by atoms with van der Waals surface area (Å²) in [7, 11) is -1.95. The topological polar surface area (TPSA) is 75.8 Å². The third-order valence-corrected chi connectivity index (χ3v) is 8.99. The molecule has 0 spiro atoms. The third kappa shape index (κ3) is 5.00. The zero-order valence-electron chi connectivity index (χ0n) is 21.1. The van der Waals surface area contributed by atoms with E-state index in [1.54, 1.807) is 54.5 Å². The van der Waals surface area contributed by atoms with Crippen LogP contribution in [0.2, 0.25) is 5.02 Å². The minimum atomic E-state index is -3.89. The summed E-state index contributed by atoms with van der Waals surface area (Å²) in [5, 5.41) is 1.38. The molecule has 0 N–H and O–H groups in total. The Morgan fingerprint density at radius 3 is 2.59 bits per heavy atom. The number of aryl methyl sites for hydroxylation is 2. The van der Waals surface area contributed by atoms with E-state index in [0.29, 0.717) is 28.6 Å². The lowest BCUT2D eigenvalue weighted by atomic mass is 10.1. The van der Waals surface area contributed by atoms with E-state index in [0.717, 1.165) is 29.3 Å². The van der Waals surface area contributed by atoms with Crippen LogP contribution in [-0.2, 0) is 35.0 Å². The second-order valence-corrected chi connectivity index (χ2v) is 11.9. The Bertz CT molecular complexity index is 1560. The minimum Gasteiger partial charge on any atom is -0.467 e. The molecule has 2 aromatic carbocycles. The Hall–Kier alpha value is -3.23. The van der Waals surface area contributed by atoms with Crippen LogP contribution in [0.1, 0.15) is 36.7 Å². The maximum atomic E-state index is 13.9. The van der Waals surface area contributed by atoms with Crippen molar-refractivity contribution in [1.29, 1.82) is 0 Å². The van der Waals surface area contributed by atoms with Gasteiger partial charge in [-0.05, 0) is 86.3 Å². The summed E-state index contributed by atoms with van der Waals surface area (Å²) in [6, 6.07) is 14.0. The molecule has 0 aliphatic heterocycles. The van der Waals surface area contributed by atoms with Crippen LogP contribution in [-0.4, -0.2) is 30.3 Å². The van der Waals surface area contributed by atoms with E-state index in [2.05, 4.69) is 0 Å². The quantitative estimate of drug-likeness (QED) is 0.266. The van der Waals surface area contributed by atoms with Gasteiger partial charge in [-0.3, -0.25) is 9.10 Å². The molecule has 7 nitrogen and oxygen atoms in total. The first-order chi connectivity index (χ1) is 17.7. The number of carbonyl (C=O) groups is 1. The van der Waals surface area contributed by atoms with E-state index >= 15 is 0 Å². The van der Waals surface area contributed by atoms with Crippen LogP contribution in [0, 0.1) is 12.8 Å². The molecule has 2 heterocycles. The third-order valence-electron chi connectivity index (χ3n) is 6.87. The van der Waals surface area contributed by atoms with Crippen LogP contribution >= 0.6 is 11.6 Å². The lowest BCUT2D eigenvalue weighted by Crippen LogP contribution is -2.34. The van der Waals surface area contributed by atoms with Crippen molar-refractivity contribution in [1.82, 2.24) is 9.47 Å². The van der Waals surface area contributed by atoms with Crippen molar-refractivity contribution in [2.24, 2.45) is 13.0 Å². The fraction of sp³-hybridized carbons (Fsp3) is 0.321. The Labute approximate surface area is 222 Å². The number of hydrogen-bond acceptors (Lipinski definition) is 4. The van der Waals surface area contributed by atoms with Crippen molar-refractivity contribution in [2.45, 2.75) is 44.7 Å². The van der Waals surface area contributed by atoms with Gasteiger partial charge >= 0.3 is 0 Å². The Morgan fingerprint density at radius 2 is 1.92 bits per heavy atom. The lowest BCUT2D eigenvalue weighted by molar-refractivity contribution is -0.134. The summed E-state index contributed by atoms with van der Waals surface area (Å²) in [5.74, 6) is 0.715. The molecule has 0 saturated heterocycles. The highest BCUT2D eigenvalue weighted by Gasteiger charge is 2.35. The number of carbonyl (C=O) groups excluding carboxylic acids is 1. The molecule has 1 aliphatic rings. The van der Waals surface area contributed by atoms with Crippen molar-refractivity contribution in [3.63, 3.8) is 0 Å². The van der Waals surface area contributed by atoms with Crippen LogP contribution in [0.5, 0.6) is 0 Å². The second-order valence-electron chi connectivity index (χ2n) is 9.59. The summed E-state index contributed by atoms with van der Waals surface area (Å²) < 4.78 is 36.8. The number of hydrogen-bond donors (Lipinski definition) is 0. The van der Waals surface area contributed by atoms with E-state index in [9.17, 15) is 13.2 Å². The average Bonchev–Trinajstić information content (AvgIpc) is 3.52. The number of benzene rings is 2. The number of aromatic nitrogens is 1. The van der Waals surface area contributed by atoms with Gasteiger partial charge in [0.2, 0.25) is 5.91 Å². The van der Waals surface area contributed by atoms with Crippen molar-refractivity contribution in [2.75, 3.05) is 10.8 Å². The first-order valence-electron chi connectivity index (χ1n) is 12.4. The number of halogens is 1. The number of nitrogens with zero attached hydrogens (tertiary/aromatic N) is 3. The fourth-order valence-electron chi connectivity index (χ4n) is 4.85.